The van der Waals surface area contributed by atoms with Crippen LogP contribution in [0.3, 0.4) is 0 Å². The average Bonchev–Trinajstić information content (AvgIpc) is 2.89. The quantitative estimate of drug-likeness (QED) is 0.679. The molecule has 0 bridgehead atoms. The van der Waals surface area contributed by atoms with E-state index in [1.807, 2.05) is 26.0 Å². The van der Waals surface area contributed by atoms with Gasteiger partial charge in [-0.1, -0.05) is 26.0 Å². The number of ether oxygens (including phenoxy) is 1. The topological polar surface area (TPSA) is 72.0 Å². The van der Waals surface area contributed by atoms with Gasteiger partial charge in [-0.3, -0.25) is 4.79 Å². The summed E-state index contributed by atoms with van der Waals surface area (Å²) >= 11 is 1.47. The number of nitrogens with one attached hydrogen (secondary N) is 1. The second kappa shape index (κ2) is 7.03. The summed E-state index contributed by atoms with van der Waals surface area (Å²) in [7, 11) is 0. The van der Waals surface area contributed by atoms with Crippen molar-refractivity contribution in [2.24, 2.45) is 0 Å². The van der Waals surface area contributed by atoms with Crippen molar-refractivity contribution in [1.82, 2.24) is 9.97 Å². The lowest BCUT2D eigenvalue weighted by Crippen LogP contribution is -2.17. The molecule has 1 atom stereocenters. The lowest BCUT2D eigenvalue weighted by Gasteiger charge is -2.13. The molecule has 136 valence electrons. The molecule has 5 nitrogen and oxygen atoms in total. The Morgan fingerprint density at radius 1 is 1.15 bits per heavy atom. The highest BCUT2D eigenvalue weighted by atomic mass is 32.1. The number of benzene rings is 1. The van der Waals surface area contributed by atoms with Crippen molar-refractivity contribution in [3.8, 4) is 0 Å². The third-order valence-corrected chi connectivity index (χ3v) is 5.64. The number of rotatable bonds is 4. The zero-order chi connectivity index (χ0) is 19.0. The van der Waals surface area contributed by atoms with E-state index < -0.39 is 12.1 Å². The summed E-state index contributed by atoms with van der Waals surface area (Å²) in [6, 6.07) is 7.37. The summed E-state index contributed by atoms with van der Waals surface area (Å²) in [6.07, 6.45) is -0.646. The first kappa shape index (κ1) is 18.3. The van der Waals surface area contributed by atoms with E-state index in [-0.39, 0.29) is 5.56 Å². The monoisotopic (exact) mass is 370 g/mol. The molecule has 6 heteroatoms. The highest BCUT2D eigenvalue weighted by molar-refractivity contribution is 7.18. The van der Waals surface area contributed by atoms with Gasteiger partial charge in [0.1, 0.15) is 4.83 Å². The first-order valence-corrected chi connectivity index (χ1v) is 9.40. The van der Waals surface area contributed by atoms with Crippen molar-refractivity contribution < 1.29 is 9.53 Å². The molecular formula is C20H22N2O3S. The standard InChI is InChI=1S/C20H22N2O3S/c1-10(2)14-6-8-15(9-7-14)20(24)25-12(4)17-21-18(23)16-11(3)13(5)26-19(16)22-17/h6-10,12H,1-5H3,(H,21,22,23). The SMILES string of the molecule is Cc1sc2nc(C(C)OC(=O)c3ccc(C(C)C)cc3)[nH]c(=O)c2c1C. The van der Waals surface area contributed by atoms with E-state index in [2.05, 4.69) is 23.8 Å². The van der Waals surface area contributed by atoms with Crippen molar-refractivity contribution in [1.29, 1.82) is 0 Å². The van der Waals surface area contributed by atoms with Gasteiger partial charge in [-0.25, -0.2) is 9.78 Å². The summed E-state index contributed by atoms with van der Waals surface area (Å²) in [5.41, 5.74) is 2.39. The van der Waals surface area contributed by atoms with E-state index in [0.29, 0.717) is 27.5 Å². The number of carbonyl (C=O) groups is 1. The van der Waals surface area contributed by atoms with E-state index in [1.54, 1.807) is 19.1 Å². The average molecular weight is 370 g/mol. The number of hydrogen-bond donors (Lipinski definition) is 1. The Kier molecular flexibility index (Phi) is 4.96. The van der Waals surface area contributed by atoms with Crippen molar-refractivity contribution in [3.05, 3.63) is 62.0 Å². The van der Waals surface area contributed by atoms with Gasteiger partial charge in [-0.2, -0.15) is 0 Å². The van der Waals surface area contributed by atoms with Crippen LogP contribution in [-0.2, 0) is 4.74 Å². The summed E-state index contributed by atoms with van der Waals surface area (Å²) in [5.74, 6) is 0.322. The minimum atomic E-state index is -0.646. The molecule has 1 aromatic carbocycles. The third-order valence-electron chi connectivity index (χ3n) is 4.54. The summed E-state index contributed by atoms with van der Waals surface area (Å²) in [4.78, 5) is 33.7. The molecular weight excluding hydrogens is 348 g/mol. The number of aryl methyl sites for hydroxylation is 2. The Morgan fingerprint density at radius 2 is 1.81 bits per heavy atom. The van der Waals surface area contributed by atoms with E-state index >= 15 is 0 Å². The largest absolute Gasteiger partial charge is 0.451 e. The molecule has 0 fully saturated rings. The lowest BCUT2D eigenvalue weighted by atomic mass is 10.0. The molecule has 26 heavy (non-hydrogen) atoms. The minimum Gasteiger partial charge on any atom is -0.451 e. The van der Waals surface area contributed by atoms with Gasteiger partial charge >= 0.3 is 5.97 Å². The molecule has 1 unspecified atom stereocenters. The minimum absolute atomic E-state index is 0.198. The first-order chi connectivity index (χ1) is 12.3. The van der Waals surface area contributed by atoms with Gasteiger partial charge in [0.05, 0.1) is 10.9 Å². The zero-order valence-electron chi connectivity index (χ0n) is 15.5. The number of aromatic nitrogens is 2. The maximum absolute atomic E-state index is 12.4. The van der Waals surface area contributed by atoms with Crippen LogP contribution in [0.4, 0.5) is 0 Å². The number of hydrogen-bond acceptors (Lipinski definition) is 5. The van der Waals surface area contributed by atoms with E-state index in [9.17, 15) is 9.59 Å². The predicted octanol–water partition coefficient (Wildman–Crippen LogP) is 4.64. The number of nitrogens with zero attached hydrogens (tertiary/aromatic N) is 1. The Balaban J connectivity index is 1.83. The number of thiophene rings is 1. The van der Waals surface area contributed by atoms with Crippen LogP contribution < -0.4 is 5.56 Å². The van der Waals surface area contributed by atoms with Crippen LogP contribution >= 0.6 is 11.3 Å². The Morgan fingerprint density at radius 3 is 2.42 bits per heavy atom. The number of esters is 1. The molecule has 0 aliphatic carbocycles. The van der Waals surface area contributed by atoms with Crippen molar-refractivity contribution >= 4 is 27.5 Å². The highest BCUT2D eigenvalue weighted by Crippen LogP contribution is 2.27. The number of aromatic amines is 1. The molecule has 0 saturated heterocycles. The highest BCUT2D eigenvalue weighted by Gasteiger charge is 2.19. The molecule has 1 N–H and O–H groups in total. The fourth-order valence-corrected chi connectivity index (χ4v) is 3.79. The maximum atomic E-state index is 12.4. The van der Waals surface area contributed by atoms with Crippen LogP contribution in [0.2, 0.25) is 0 Å². The zero-order valence-corrected chi connectivity index (χ0v) is 16.4. The second-order valence-electron chi connectivity index (χ2n) is 6.74. The molecule has 0 spiro atoms. The molecule has 2 heterocycles. The van der Waals surface area contributed by atoms with Gasteiger partial charge in [0.15, 0.2) is 11.9 Å². The summed E-state index contributed by atoms with van der Waals surface area (Å²) < 4.78 is 5.50. The van der Waals surface area contributed by atoms with Gasteiger partial charge in [-0.05, 0) is 49.9 Å². The molecule has 3 aromatic rings. The number of H-pyrrole nitrogens is 1. The van der Waals surface area contributed by atoms with Crippen molar-refractivity contribution in [2.75, 3.05) is 0 Å². The van der Waals surface area contributed by atoms with Gasteiger partial charge in [0, 0.05) is 4.88 Å². The van der Waals surface area contributed by atoms with E-state index in [4.69, 9.17) is 4.74 Å². The van der Waals surface area contributed by atoms with Crippen LogP contribution in [0.1, 0.15) is 65.0 Å². The van der Waals surface area contributed by atoms with Crippen LogP contribution in [0.5, 0.6) is 0 Å². The molecule has 2 aromatic heterocycles. The molecule has 0 aliphatic heterocycles. The fourth-order valence-electron chi connectivity index (χ4n) is 2.75. The van der Waals surface area contributed by atoms with E-state index in [1.165, 1.54) is 11.3 Å². The summed E-state index contributed by atoms with van der Waals surface area (Å²) in [5, 5.41) is 0.610. The third kappa shape index (κ3) is 3.42. The van der Waals surface area contributed by atoms with Crippen LogP contribution in [0.25, 0.3) is 10.2 Å². The predicted molar refractivity (Wildman–Crippen MR) is 104 cm³/mol. The van der Waals surface area contributed by atoms with E-state index in [0.717, 1.165) is 16.0 Å². The number of carbonyl (C=O) groups excluding carboxylic acids is 1. The number of fused-ring (bicyclic) bond motifs is 1. The van der Waals surface area contributed by atoms with Gasteiger partial charge in [-0.15, -0.1) is 11.3 Å². The van der Waals surface area contributed by atoms with Crippen LogP contribution in [0, 0.1) is 13.8 Å². The van der Waals surface area contributed by atoms with Crippen molar-refractivity contribution in [2.45, 2.75) is 46.6 Å². The molecule has 0 saturated carbocycles. The molecule has 3 rings (SSSR count). The Labute approximate surface area is 156 Å². The lowest BCUT2D eigenvalue weighted by molar-refractivity contribution is 0.0320. The van der Waals surface area contributed by atoms with Crippen molar-refractivity contribution in [3.63, 3.8) is 0 Å². The van der Waals surface area contributed by atoms with Crippen LogP contribution in [0.15, 0.2) is 29.1 Å². The Hall–Kier alpha value is -2.47. The van der Waals surface area contributed by atoms with Gasteiger partial charge < -0.3 is 9.72 Å². The van der Waals surface area contributed by atoms with Gasteiger partial charge in [0.2, 0.25) is 0 Å². The maximum Gasteiger partial charge on any atom is 0.338 e. The molecule has 0 aliphatic rings. The molecule has 0 radical (unpaired) electrons. The van der Waals surface area contributed by atoms with Gasteiger partial charge in [0.25, 0.3) is 5.56 Å². The Bertz CT molecular complexity index is 1020. The smallest absolute Gasteiger partial charge is 0.338 e. The summed E-state index contributed by atoms with van der Waals surface area (Å²) in [6.45, 7) is 9.78. The second-order valence-corrected chi connectivity index (χ2v) is 7.94. The molecule has 0 amide bonds. The fraction of sp³-hybridized carbons (Fsp3) is 0.350. The first-order valence-electron chi connectivity index (χ1n) is 8.58. The normalized spacial score (nSPS) is 12.5. The van der Waals surface area contributed by atoms with Crippen LogP contribution in [-0.4, -0.2) is 15.9 Å².